The molecule has 279 valence electrons. The predicted molar refractivity (Wildman–Crippen MR) is 220 cm³/mol. The van der Waals surface area contributed by atoms with Gasteiger partial charge in [0.05, 0.1) is 22.8 Å². The Morgan fingerprint density at radius 1 is 0.304 bits per heavy atom. The van der Waals surface area contributed by atoms with E-state index in [4.69, 9.17) is 9.97 Å². The van der Waals surface area contributed by atoms with Gasteiger partial charge in [-0.25, -0.2) is 9.97 Å². The standard InChI is InChI=1S/C48H38N4.3ClH.Fe/c1-29-5-13-33(14-6-29)45-37-21-23-39(49-37)46(34-15-7-30(2)8-16-34)41-25-27-43(51-41)48(36-19-11-32(4)12-20-36)44-28-26-42(52-44)47(40-24-22-38(45)50-40)35-17-9-31(3)10-18-35;;;;/h5-28,49-50H,1-4H3;3*1H;/q;;;;+3/p-3. The van der Waals surface area contributed by atoms with Crippen LogP contribution in [0.25, 0.3) is 90.9 Å². The summed E-state index contributed by atoms with van der Waals surface area (Å²) in [6, 6.07) is 43.6. The summed E-state index contributed by atoms with van der Waals surface area (Å²) >= 11 is 0. The molecule has 0 saturated heterocycles. The molecular weight excluding hydrogens is 795 g/mol. The van der Waals surface area contributed by atoms with Crippen molar-refractivity contribution in [3.63, 3.8) is 0 Å². The fourth-order valence-corrected chi connectivity index (χ4v) is 7.30. The number of fused-ring (bicyclic) bond motifs is 8. The van der Waals surface area contributed by atoms with Crippen molar-refractivity contribution >= 4 is 46.4 Å². The number of aryl methyl sites for hydroxylation is 4. The van der Waals surface area contributed by atoms with Crippen LogP contribution >= 0.6 is 0 Å². The SMILES string of the molecule is Cc1ccc(-c2c3nc(c(-c4ccc(C)cc4)c4ccc([nH]4)c(-c4ccc(C)cc4)c4ccc([nH]4)c(-c4ccc(C)cc4)c4nc2C=C4)C=C3)cc1.[Cl-].[Cl-].[Cl-].[Fe+3]. The fraction of sp³-hybridized carbons (Fsp3) is 0.0833. The average Bonchev–Trinajstić information content (AvgIpc) is 3.99. The fourth-order valence-electron chi connectivity index (χ4n) is 7.30. The first-order valence-electron chi connectivity index (χ1n) is 17.8. The van der Waals surface area contributed by atoms with E-state index in [2.05, 4.69) is 183 Å². The molecule has 1 radical (unpaired) electrons. The Morgan fingerprint density at radius 3 is 0.839 bits per heavy atom. The van der Waals surface area contributed by atoms with Gasteiger partial charge in [-0.05, 0) is 98.5 Å². The third-order valence-corrected chi connectivity index (χ3v) is 10.1. The van der Waals surface area contributed by atoms with Gasteiger partial charge >= 0.3 is 17.1 Å². The van der Waals surface area contributed by atoms with Crippen LogP contribution in [0.1, 0.15) is 45.0 Å². The van der Waals surface area contributed by atoms with Crippen LogP contribution in [0.3, 0.4) is 0 Å². The van der Waals surface area contributed by atoms with Crippen LogP contribution in [0.2, 0.25) is 0 Å². The van der Waals surface area contributed by atoms with E-state index in [9.17, 15) is 0 Å². The number of aromatic amines is 2. The predicted octanol–water partition coefficient (Wildman–Crippen LogP) is 3.57. The van der Waals surface area contributed by atoms with Crippen molar-refractivity contribution in [1.29, 1.82) is 0 Å². The second-order valence-corrected chi connectivity index (χ2v) is 14.0. The number of benzene rings is 4. The normalized spacial score (nSPS) is 11.2. The molecule has 0 fully saturated rings. The van der Waals surface area contributed by atoms with Crippen LogP contribution in [-0.2, 0) is 17.1 Å². The smallest absolute Gasteiger partial charge is 1.00 e. The van der Waals surface area contributed by atoms with Crippen molar-refractivity contribution in [2.75, 3.05) is 0 Å². The first kappa shape index (κ1) is 42.0. The molecule has 0 amide bonds. The maximum absolute atomic E-state index is 5.40. The zero-order valence-corrected chi connectivity index (χ0v) is 34.6. The van der Waals surface area contributed by atoms with Gasteiger partial charge in [-0.3, -0.25) is 0 Å². The van der Waals surface area contributed by atoms with Gasteiger partial charge in [-0.1, -0.05) is 119 Å². The largest absolute Gasteiger partial charge is 3.00 e. The van der Waals surface area contributed by atoms with Gasteiger partial charge in [0.15, 0.2) is 0 Å². The van der Waals surface area contributed by atoms with E-state index in [-0.39, 0.29) is 54.3 Å². The molecule has 0 saturated carbocycles. The molecule has 0 spiro atoms. The maximum Gasteiger partial charge on any atom is 3.00 e. The van der Waals surface area contributed by atoms with Crippen LogP contribution in [-0.4, -0.2) is 19.9 Å². The molecule has 8 bridgehead atoms. The first-order chi connectivity index (χ1) is 25.4. The van der Waals surface area contributed by atoms with Crippen LogP contribution in [0.4, 0.5) is 0 Å². The Morgan fingerprint density at radius 2 is 0.536 bits per heavy atom. The Labute approximate surface area is 357 Å². The molecule has 8 heteroatoms. The number of rotatable bonds is 4. The van der Waals surface area contributed by atoms with Gasteiger partial charge in [0.25, 0.3) is 0 Å². The summed E-state index contributed by atoms with van der Waals surface area (Å²) < 4.78 is 0. The molecule has 9 rings (SSSR count). The van der Waals surface area contributed by atoms with Crippen molar-refractivity contribution in [3.05, 3.63) is 166 Å². The van der Waals surface area contributed by atoms with E-state index in [1.807, 2.05) is 0 Å². The van der Waals surface area contributed by atoms with Crippen LogP contribution in [0, 0.1) is 27.7 Å². The molecule has 4 nitrogen and oxygen atoms in total. The summed E-state index contributed by atoms with van der Waals surface area (Å²) in [7, 11) is 0. The van der Waals surface area contributed by atoms with E-state index in [1.165, 1.54) is 22.3 Å². The molecule has 2 N–H and O–H groups in total. The minimum Gasteiger partial charge on any atom is -1.00 e. The molecule has 0 atom stereocenters. The number of hydrogen-bond acceptors (Lipinski definition) is 2. The van der Waals surface area contributed by atoms with Crippen LogP contribution in [0.5, 0.6) is 0 Å². The number of aromatic nitrogens is 4. The third-order valence-electron chi connectivity index (χ3n) is 10.1. The summed E-state index contributed by atoms with van der Waals surface area (Å²) in [5, 5.41) is 0. The second-order valence-electron chi connectivity index (χ2n) is 14.0. The molecule has 56 heavy (non-hydrogen) atoms. The average molecular weight is 833 g/mol. The molecule has 7 aromatic rings. The summed E-state index contributed by atoms with van der Waals surface area (Å²) in [5.74, 6) is 0. The van der Waals surface area contributed by atoms with Crippen LogP contribution in [0.15, 0.2) is 121 Å². The summed E-state index contributed by atoms with van der Waals surface area (Å²) in [6.07, 6.45) is 8.57. The minimum absolute atomic E-state index is 0. The molecule has 2 aliphatic rings. The summed E-state index contributed by atoms with van der Waals surface area (Å²) in [6.45, 7) is 8.49. The van der Waals surface area contributed by atoms with Crippen molar-refractivity contribution in [2.45, 2.75) is 27.7 Å². The van der Waals surface area contributed by atoms with Crippen molar-refractivity contribution in [2.24, 2.45) is 0 Å². The van der Waals surface area contributed by atoms with Gasteiger partial charge in [0.2, 0.25) is 0 Å². The molecule has 5 heterocycles. The van der Waals surface area contributed by atoms with Gasteiger partial charge < -0.3 is 47.2 Å². The Hall–Kier alpha value is -5.13. The number of nitrogens with one attached hydrogen (secondary N) is 2. The van der Waals surface area contributed by atoms with Gasteiger partial charge in [0.1, 0.15) is 0 Å². The summed E-state index contributed by atoms with van der Waals surface area (Å²) in [5.41, 5.74) is 21.1. The zero-order chi connectivity index (χ0) is 35.3. The van der Waals surface area contributed by atoms with Crippen molar-refractivity contribution in [1.82, 2.24) is 19.9 Å². The molecule has 0 aliphatic carbocycles. The van der Waals surface area contributed by atoms with E-state index in [1.54, 1.807) is 0 Å². The minimum atomic E-state index is 0. The Bertz CT molecular complexity index is 2600. The zero-order valence-electron chi connectivity index (χ0n) is 31.2. The molecule has 4 aromatic carbocycles. The van der Waals surface area contributed by atoms with E-state index in [0.29, 0.717) is 0 Å². The topological polar surface area (TPSA) is 57.4 Å². The molecule has 3 aromatic heterocycles. The number of hydrogen-bond donors (Lipinski definition) is 2. The molecular formula is C48H38Cl3FeN4. The third kappa shape index (κ3) is 7.93. The van der Waals surface area contributed by atoms with Crippen molar-refractivity contribution in [3.8, 4) is 44.5 Å². The second kappa shape index (κ2) is 17.3. The van der Waals surface area contributed by atoms with Gasteiger partial charge in [0, 0.05) is 44.3 Å². The number of H-pyrrole nitrogens is 2. The molecule has 0 unspecified atom stereocenters. The van der Waals surface area contributed by atoms with E-state index in [0.717, 1.165) is 89.4 Å². The monoisotopic (exact) mass is 831 g/mol. The Balaban J connectivity index is 0.00000150. The quantitative estimate of drug-likeness (QED) is 0.267. The maximum atomic E-state index is 5.40. The van der Waals surface area contributed by atoms with Crippen LogP contribution < -0.4 is 37.2 Å². The number of nitrogens with zero attached hydrogens (tertiary/aromatic N) is 2. The Kier molecular flexibility index (Phi) is 13.0. The molecule has 2 aliphatic heterocycles. The van der Waals surface area contributed by atoms with Gasteiger partial charge in [-0.2, -0.15) is 0 Å². The summed E-state index contributed by atoms with van der Waals surface area (Å²) in [4.78, 5) is 18.5. The van der Waals surface area contributed by atoms with E-state index < -0.39 is 0 Å². The first-order valence-corrected chi connectivity index (χ1v) is 17.8. The van der Waals surface area contributed by atoms with Crippen molar-refractivity contribution < 1.29 is 54.3 Å². The van der Waals surface area contributed by atoms with Gasteiger partial charge in [-0.15, -0.1) is 0 Å². The number of halogens is 3. The van der Waals surface area contributed by atoms with E-state index >= 15 is 0 Å².